The van der Waals surface area contributed by atoms with Gasteiger partial charge in [0.05, 0.1) is 17.8 Å². The molecule has 0 aromatic heterocycles. The molecule has 2 rings (SSSR count). The average Bonchev–Trinajstić information content (AvgIpc) is 2.39. The maximum Gasteiger partial charge on any atom is 0.238 e. The molecule has 0 bridgehead atoms. The molecule has 1 heterocycles. The molecule has 1 aromatic rings. The molecule has 1 aromatic carbocycles. The highest BCUT2D eigenvalue weighted by Crippen LogP contribution is 2.27. The first-order chi connectivity index (χ1) is 10.9. The van der Waals surface area contributed by atoms with Crippen molar-refractivity contribution in [3.63, 3.8) is 0 Å². The minimum atomic E-state index is -3.55. The van der Waals surface area contributed by atoms with Crippen molar-refractivity contribution in [2.75, 3.05) is 13.1 Å². The summed E-state index contributed by atoms with van der Waals surface area (Å²) < 4.78 is 27.9. The Labute approximate surface area is 153 Å². The van der Waals surface area contributed by atoms with Gasteiger partial charge in [0.2, 0.25) is 15.9 Å². The van der Waals surface area contributed by atoms with E-state index in [9.17, 15) is 13.2 Å². The third kappa shape index (κ3) is 4.00. The first-order valence-electron chi connectivity index (χ1n) is 7.99. The lowest BCUT2D eigenvalue weighted by Crippen LogP contribution is -2.64. The third-order valence-corrected chi connectivity index (χ3v) is 6.56. The smallest absolute Gasteiger partial charge is 0.238 e. The van der Waals surface area contributed by atoms with E-state index in [1.165, 1.54) is 4.31 Å². The minimum absolute atomic E-state index is 0.0473. The number of hydrogen-bond acceptors (Lipinski definition) is 3. The van der Waals surface area contributed by atoms with Crippen molar-refractivity contribution < 1.29 is 13.2 Å². The number of carbonyl (C=O) groups is 1. The zero-order chi connectivity index (χ0) is 18.3. The van der Waals surface area contributed by atoms with E-state index in [4.69, 9.17) is 0 Å². The Morgan fingerprint density at radius 2 is 1.92 bits per heavy atom. The van der Waals surface area contributed by atoms with Gasteiger partial charge in [-0.15, -0.1) is 0 Å². The summed E-state index contributed by atoms with van der Waals surface area (Å²) in [5.74, 6) is -0.227. The van der Waals surface area contributed by atoms with E-state index < -0.39 is 15.6 Å². The van der Waals surface area contributed by atoms with Gasteiger partial charge in [-0.25, -0.2) is 8.42 Å². The average molecular weight is 417 g/mol. The Balaban J connectivity index is 2.26. The molecule has 0 N–H and O–H groups in total. The van der Waals surface area contributed by atoms with E-state index in [-0.39, 0.29) is 24.2 Å². The van der Waals surface area contributed by atoms with Gasteiger partial charge in [0, 0.05) is 17.1 Å². The highest BCUT2D eigenvalue weighted by Gasteiger charge is 2.43. The van der Waals surface area contributed by atoms with Gasteiger partial charge >= 0.3 is 0 Å². The molecule has 1 aliphatic rings. The standard InChI is InChI=1S/C17H25BrN2O3S/c1-12(2)20-16(21)9-19(11-17(20,4)5)24(22,23)10-14-6-7-15(18)8-13(14)3/h6-8,12H,9-11H2,1-5H3. The van der Waals surface area contributed by atoms with E-state index in [1.807, 2.05) is 52.8 Å². The lowest BCUT2D eigenvalue weighted by atomic mass is 9.98. The zero-order valence-corrected chi connectivity index (χ0v) is 17.2. The number of carbonyl (C=O) groups excluding carboxylic acids is 1. The molecule has 0 aliphatic carbocycles. The summed E-state index contributed by atoms with van der Waals surface area (Å²) in [4.78, 5) is 14.3. The van der Waals surface area contributed by atoms with Crippen LogP contribution in [0.2, 0.25) is 0 Å². The number of halogens is 1. The number of aryl methyl sites for hydroxylation is 1. The van der Waals surface area contributed by atoms with E-state index in [2.05, 4.69) is 15.9 Å². The van der Waals surface area contributed by atoms with Gasteiger partial charge in [-0.05, 0) is 57.9 Å². The number of hydrogen-bond donors (Lipinski definition) is 0. The van der Waals surface area contributed by atoms with Crippen LogP contribution < -0.4 is 0 Å². The van der Waals surface area contributed by atoms with Crippen LogP contribution in [-0.4, -0.2) is 48.2 Å². The van der Waals surface area contributed by atoms with E-state index in [1.54, 1.807) is 4.90 Å². The molecule has 134 valence electrons. The summed E-state index contributed by atoms with van der Waals surface area (Å²) >= 11 is 3.39. The molecule has 0 spiro atoms. The predicted octanol–water partition coefficient (Wildman–Crippen LogP) is 2.92. The molecular formula is C17H25BrN2O3S. The largest absolute Gasteiger partial charge is 0.333 e. The summed E-state index contributed by atoms with van der Waals surface area (Å²) in [5, 5.41) is 0. The third-order valence-electron chi connectivity index (χ3n) is 4.35. The van der Waals surface area contributed by atoms with Crippen molar-refractivity contribution in [1.29, 1.82) is 0 Å². The van der Waals surface area contributed by atoms with Crippen LogP contribution in [0.15, 0.2) is 22.7 Å². The van der Waals surface area contributed by atoms with Crippen molar-refractivity contribution in [3.05, 3.63) is 33.8 Å². The Bertz CT molecular complexity index is 744. The lowest BCUT2D eigenvalue weighted by molar-refractivity contribution is -0.144. The monoisotopic (exact) mass is 416 g/mol. The Hall–Kier alpha value is -0.920. The van der Waals surface area contributed by atoms with Gasteiger partial charge in [0.1, 0.15) is 0 Å². The van der Waals surface area contributed by atoms with Crippen LogP contribution in [0.3, 0.4) is 0 Å². The zero-order valence-electron chi connectivity index (χ0n) is 14.8. The van der Waals surface area contributed by atoms with Crippen LogP contribution in [0.4, 0.5) is 0 Å². The Morgan fingerprint density at radius 1 is 1.29 bits per heavy atom. The minimum Gasteiger partial charge on any atom is -0.333 e. The van der Waals surface area contributed by atoms with Crippen molar-refractivity contribution in [2.45, 2.75) is 52.0 Å². The van der Waals surface area contributed by atoms with Gasteiger partial charge in [0.25, 0.3) is 0 Å². The second-order valence-electron chi connectivity index (χ2n) is 7.27. The van der Waals surface area contributed by atoms with Gasteiger partial charge in [0.15, 0.2) is 0 Å². The second-order valence-corrected chi connectivity index (χ2v) is 10.1. The molecule has 1 fully saturated rings. The fourth-order valence-electron chi connectivity index (χ4n) is 3.42. The van der Waals surface area contributed by atoms with Crippen LogP contribution in [0, 0.1) is 6.92 Å². The van der Waals surface area contributed by atoms with Crippen molar-refractivity contribution in [2.24, 2.45) is 0 Å². The molecule has 5 nitrogen and oxygen atoms in total. The predicted molar refractivity (Wildman–Crippen MR) is 99.1 cm³/mol. The second kappa shape index (κ2) is 6.77. The fourth-order valence-corrected chi connectivity index (χ4v) is 5.62. The number of amides is 1. The normalized spacial score (nSPS) is 19.1. The maximum absolute atomic E-state index is 12.8. The van der Waals surface area contributed by atoms with Gasteiger partial charge in [-0.1, -0.05) is 22.0 Å². The van der Waals surface area contributed by atoms with Gasteiger partial charge < -0.3 is 4.90 Å². The van der Waals surface area contributed by atoms with Crippen LogP contribution in [0.25, 0.3) is 0 Å². The number of sulfonamides is 1. The molecule has 0 radical (unpaired) electrons. The van der Waals surface area contributed by atoms with Crippen LogP contribution in [0.5, 0.6) is 0 Å². The van der Waals surface area contributed by atoms with Gasteiger partial charge in [-0.2, -0.15) is 4.31 Å². The molecule has 1 saturated heterocycles. The number of rotatable bonds is 4. The van der Waals surface area contributed by atoms with Crippen LogP contribution >= 0.6 is 15.9 Å². The quantitative estimate of drug-likeness (QED) is 0.757. The molecular weight excluding hydrogens is 392 g/mol. The summed E-state index contributed by atoms with van der Waals surface area (Å²) in [7, 11) is -3.55. The number of nitrogens with zero attached hydrogens (tertiary/aromatic N) is 2. The Kier molecular flexibility index (Phi) is 5.47. The molecule has 0 saturated carbocycles. The maximum atomic E-state index is 12.8. The first kappa shape index (κ1) is 19.4. The first-order valence-corrected chi connectivity index (χ1v) is 10.4. The molecule has 7 heteroatoms. The highest BCUT2D eigenvalue weighted by molar-refractivity contribution is 9.10. The van der Waals surface area contributed by atoms with E-state index in [0.29, 0.717) is 6.54 Å². The fraction of sp³-hybridized carbons (Fsp3) is 0.588. The molecule has 1 aliphatic heterocycles. The lowest BCUT2D eigenvalue weighted by Gasteiger charge is -2.48. The Morgan fingerprint density at radius 3 is 2.42 bits per heavy atom. The topological polar surface area (TPSA) is 57.7 Å². The molecule has 0 atom stereocenters. The number of benzene rings is 1. The van der Waals surface area contributed by atoms with E-state index in [0.717, 1.165) is 15.6 Å². The molecule has 0 unspecified atom stereocenters. The van der Waals surface area contributed by atoms with E-state index >= 15 is 0 Å². The number of piperazine rings is 1. The summed E-state index contributed by atoms with van der Waals surface area (Å²) in [6.07, 6.45) is 0. The summed E-state index contributed by atoms with van der Waals surface area (Å²) in [6, 6.07) is 5.60. The SMILES string of the molecule is Cc1cc(Br)ccc1CS(=O)(=O)N1CC(=O)N(C(C)C)C(C)(C)C1. The highest BCUT2D eigenvalue weighted by atomic mass is 79.9. The van der Waals surface area contributed by atoms with Crippen molar-refractivity contribution in [1.82, 2.24) is 9.21 Å². The van der Waals surface area contributed by atoms with Crippen molar-refractivity contribution in [3.8, 4) is 0 Å². The summed E-state index contributed by atoms with van der Waals surface area (Å²) in [5.41, 5.74) is 1.15. The molecule has 1 amide bonds. The summed E-state index contributed by atoms with van der Waals surface area (Å²) in [6.45, 7) is 9.86. The molecule has 24 heavy (non-hydrogen) atoms. The van der Waals surface area contributed by atoms with Crippen molar-refractivity contribution >= 4 is 31.9 Å². The van der Waals surface area contributed by atoms with Crippen LogP contribution in [0.1, 0.15) is 38.8 Å². The van der Waals surface area contributed by atoms with Crippen LogP contribution in [-0.2, 0) is 20.6 Å². The van der Waals surface area contributed by atoms with Gasteiger partial charge in [-0.3, -0.25) is 4.79 Å².